The van der Waals surface area contributed by atoms with Crippen molar-refractivity contribution in [3.8, 4) is 5.69 Å². The summed E-state index contributed by atoms with van der Waals surface area (Å²) in [5.41, 5.74) is 0.0955. The molecular formula is C23H17F3N4O3S. The maximum Gasteiger partial charge on any atom is 0.416 e. The predicted octanol–water partition coefficient (Wildman–Crippen LogP) is 4.50. The number of benzene rings is 3. The lowest BCUT2D eigenvalue weighted by Crippen LogP contribution is -2.35. The number of rotatable bonds is 4. The zero-order valence-corrected chi connectivity index (χ0v) is 18.5. The third-order valence-corrected chi connectivity index (χ3v) is 7.29. The van der Waals surface area contributed by atoms with E-state index in [0.717, 1.165) is 21.8 Å². The topological polar surface area (TPSA) is 84.3 Å². The van der Waals surface area contributed by atoms with Crippen LogP contribution in [0, 0.1) is 6.92 Å². The number of amides is 1. The first kappa shape index (κ1) is 22.0. The Bertz CT molecular complexity index is 1560. The Morgan fingerprint density at radius 3 is 2.47 bits per heavy atom. The molecule has 7 nitrogen and oxygen atoms in total. The van der Waals surface area contributed by atoms with Crippen LogP contribution >= 0.6 is 0 Å². The lowest BCUT2D eigenvalue weighted by Gasteiger charge is -2.18. The van der Waals surface area contributed by atoms with Crippen LogP contribution in [-0.4, -0.2) is 30.7 Å². The number of sulfonamides is 1. The van der Waals surface area contributed by atoms with Crippen LogP contribution in [0.5, 0.6) is 0 Å². The van der Waals surface area contributed by atoms with Gasteiger partial charge in [0.1, 0.15) is 12.4 Å². The SMILES string of the molecule is Cc1cc(NC(=O)CN2c3cccc4cccc(c34)S2(=O)=O)n(-c2cccc(C(F)(F)F)c2)n1. The number of aryl methyl sites for hydroxylation is 1. The van der Waals surface area contributed by atoms with Gasteiger partial charge in [-0.1, -0.05) is 30.3 Å². The first-order chi connectivity index (χ1) is 16.1. The lowest BCUT2D eigenvalue weighted by molar-refractivity contribution is -0.137. The minimum absolute atomic E-state index is 0.101. The average molecular weight is 486 g/mol. The quantitative estimate of drug-likeness (QED) is 0.460. The highest BCUT2D eigenvalue weighted by atomic mass is 32.2. The van der Waals surface area contributed by atoms with E-state index in [1.54, 1.807) is 37.3 Å². The van der Waals surface area contributed by atoms with Crippen LogP contribution < -0.4 is 9.62 Å². The maximum atomic E-state index is 13.1. The molecule has 0 atom stereocenters. The van der Waals surface area contributed by atoms with E-state index in [1.165, 1.54) is 28.9 Å². The maximum absolute atomic E-state index is 13.1. The van der Waals surface area contributed by atoms with Crippen molar-refractivity contribution in [2.75, 3.05) is 16.2 Å². The van der Waals surface area contributed by atoms with Gasteiger partial charge in [-0.3, -0.25) is 9.10 Å². The Hall–Kier alpha value is -3.86. The molecule has 0 spiro atoms. The number of nitrogens with zero attached hydrogens (tertiary/aromatic N) is 3. The zero-order valence-electron chi connectivity index (χ0n) is 17.7. The van der Waals surface area contributed by atoms with E-state index in [0.29, 0.717) is 16.8 Å². The highest BCUT2D eigenvalue weighted by Gasteiger charge is 2.37. The summed E-state index contributed by atoms with van der Waals surface area (Å²) in [5.74, 6) is -0.546. The molecule has 1 aromatic heterocycles. The molecular weight excluding hydrogens is 469 g/mol. The summed E-state index contributed by atoms with van der Waals surface area (Å²) >= 11 is 0. The second-order valence-electron chi connectivity index (χ2n) is 7.82. The van der Waals surface area contributed by atoms with E-state index >= 15 is 0 Å². The van der Waals surface area contributed by atoms with Crippen LogP contribution in [0.3, 0.4) is 0 Å². The Kier molecular flexibility index (Phi) is 4.90. The molecule has 0 unspecified atom stereocenters. The van der Waals surface area contributed by atoms with Crippen molar-refractivity contribution in [2.45, 2.75) is 18.0 Å². The number of anilines is 2. The minimum atomic E-state index is -4.54. The third kappa shape index (κ3) is 3.58. The highest BCUT2D eigenvalue weighted by molar-refractivity contribution is 7.93. The summed E-state index contributed by atoms with van der Waals surface area (Å²) < 4.78 is 67.8. The van der Waals surface area contributed by atoms with Crippen molar-refractivity contribution in [3.05, 3.63) is 78.0 Å². The molecule has 3 aromatic carbocycles. The normalized spacial score (nSPS) is 14.5. The van der Waals surface area contributed by atoms with Gasteiger partial charge in [-0.2, -0.15) is 18.3 Å². The Balaban J connectivity index is 1.45. The monoisotopic (exact) mass is 486 g/mol. The van der Waals surface area contributed by atoms with Crippen molar-refractivity contribution in [3.63, 3.8) is 0 Å². The van der Waals surface area contributed by atoms with Gasteiger partial charge < -0.3 is 5.32 Å². The number of nitrogens with one attached hydrogen (secondary N) is 1. The number of hydrogen-bond acceptors (Lipinski definition) is 4. The summed E-state index contributed by atoms with van der Waals surface area (Å²) in [6.07, 6.45) is -4.54. The van der Waals surface area contributed by atoms with Crippen LogP contribution in [0.25, 0.3) is 16.5 Å². The Morgan fingerprint density at radius 2 is 1.74 bits per heavy atom. The molecule has 0 radical (unpaired) electrons. The number of hydrogen-bond donors (Lipinski definition) is 1. The Labute approximate surface area is 192 Å². The summed E-state index contributed by atoms with van der Waals surface area (Å²) in [4.78, 5) is 13.0. The van der Waals surface area contributed by atoms with Crippen molar-refractivity contribution < 1.29 is 26.4 Å². The number of carbonyl (C=O) groups excluding carboxylic acids is 1. The van der Waals surface area contributed by atoms with Crippen molar-refractivity contribution in [2.24, 2.45) is 0 Å². The van der Waals surface area contributed by atoms with Crippen LogP contribution in [-0.2, 0) is 21.0 Å². The standard InChI is InChI=1S/C23H17F3N4O3S/c1-14-11-20(30(28-14)17-8-4-7-16(12-17)23(24,25)26)27-21(31)13-29-18-9-2-5-15-6-3-10-19(22(15)18)34(29,32)33/h2-12H,13H2,1H3,(H,27,31). The number of aromatic nitrogens is 2. The molecule has 1 N–H and O–H groups in total. The first-order valence-electron chi connectivity index (χ1n) is 10.1. The molecule has 11 heteroatoms. The van der Waals surface area contributed by atoms with E-state index in [2.05, 4.69) is 10.4 Å². The van der Waals surface area contributed by atoms with E-state index < -0.39 is 34.2 Å². The summed E-state index contributed by atoms with van der Waals surface area (Å²) in [5, 5.41) is 8.05. The van der Waals surface area contributed by atoms with Gasteiger partial charge >= 0.3 is 6.18 Å². The van der Waals surface area contributed by atoms with Gasteiger partial charge in [0.15, 0.2) is 0 Å². The smallest absolute Gasteiger partial charge is 0.309 e. The van der Waals surface area contributed by atoms with Crippen LogP contribution in [0.2, 0.25) is 0 Å². The molecule has 5 rings (SSSR count). The molecule has 174 valence electrons. The van der Waals surface area contributed by atoms with Gasteiger partial charge in [0, 0.05) is 11.5 Å². The van der Waals surface area contributed by atoms with Crippen molar-refractivity contribution in [1.82, 2.24) is 9.78 Å². The predicted molar refractivity (Wildman–Crippen MR) is 120 cm³/mol. The fourth-order valence-corrected chi connectivity index (χ4v) is 5.71. The van der Waals surface area contributed by atoms with E-state index in [-0.39, 0.29) is 16.4 Å². The van der Waals surface area contributed by atoms with Gasteiger partial charge in [-0.25, -0.2) is 13.1 Å². The molecule has 0 saturated carbocycles. The third-order valence-electron chi connectivity index (χ3n) is 5.49. The van der Waals surface area contributed by atoms with Gasteiger partial charge in [-0.05, 0) is 42.6 Å². The molecule has 1 aliphatic heterocycles. The molecule has 1 amide bonds. The second-order valence-corrected chi connectivity index (χ2v) is 9.65. The number of halogens is 3. The van der Waals surface area contributed by atoms with Gasteiger partial charge in [-0.15, -0.1) is 0 Å². The van der Waals surface area contributed by atoms with Gasteiger partial charge in [0.2, 0.25) is 5.91 Å². The summed E-state index contributed by atoms with van der Waals surface area (Å²) in [7, 11) is -3.94. The molecule has 0 fully saturated rings. The lowest BCUT2D eigenvalue weighted by atomic mass is 10.1. The average Bonchev–Trinajstić information content (AvgIpc) is 3.25. The molecule has 0 saturated heterocycles. The van der Waals surface area contributed by atoms with Crippen molar-refractivity contribution >= 4 is 38.2 Å². The minimum Gasteiger partial charge on any atom is -0.309 e. The first-order valence-corrected chi connectivity index (χ1v) is 11.6. The largest absolute Gasteiger partial charge is 0.416 e. The van der Waals surface area contributed by atoms with Crippen LogP contribution in [0.15, 0.2) is 71.6 Å². The summed E-state index contributed by atoms with van der Waals surface area (Å²) in [6.45, 7) is 1.12. The zero-order chi connectivity index (χ0) is 24.3. The second kappa shape index (κ2) is 7.59. The van der Waals surface area contributed by atoms with E-state index in [1.807, 2.05) is 0 Å². The molecule has 34 heavy (non-hydrogen) atoms. The molecule has 1 aliphatic rings. The fraction of sp³-hybridized carbons (Fsp3) is 0.130. The summed E-state index contributed by atoms with van der Waals surface area (Å²) in [6, 6.07) is 16.1. The van der Waals surface area contributed by atoms with E-state index in [4.69, 9.17) is 0 Å². The number of carbonyl (C=O) groups is 1. The van der Waals surface area contributed by atoms with Crippen LogP contribution in [0.4, 0.5) is 24.7 Å². The van der Waals surface area contributed by atoms with Crippen molar-refractivity contribution in [1.29, 1.82) is 0 Å². The Morgan fingerprint density at radius 1 is 1.03 bits per heavy atom. The molecule has 0 aliphatic carbocycles. The van der Waals surface area contributed by atoms with E-state index in [9.17, 15) is 26.4 Å². The van der Waals surface area contributed by atoms with Crippen LogP contribution in [0.1, 0.15) is 11.3 Å². The number of alkyl halides is 3. The molecule has 4 aromatic rings. The van der Waals surface area contributed by atoms with Gasteiger partial charge in [0.25, 0.3) is 10.0 Å². The van der Waals surface area contributed by atoms with Gasteiger partial charge in [0.05, 0.1) is 27.5 Å². The fourth-order valence-electron chi connectivity index (χ4n) is 4.04. The highest BCUT2D eigenvalue weighted by Crippen LogP contribution is 2.41. The molecule has 0 bridgehead atoms. The molecule has 2 heterocycles.